The van der Waals surface area contributed by atoms with Crippen molar-refractivity contribution >= 4 is 15.9 Å². The van der Waals surface area contributed by atoms with Crippen LogP contribution in [0.4, 0.5) is 0 Å². The van der Waals surface area contributed by atoms with Crippen molar-refractivity contribution < 1.29 is 4.74 Å². The summed E-state index contributed by atoms with van der Waals surface area (Å²) in [5.74, 6) is 3.59. The molecule has 0 fully saturated rings. The van der Waals surface area contributed by atoms with Gasteiger partial charge in [0, 0.05) is 15.9 Å². The van der Waals surface area contributed by atoms with E-state index in [0.717, 1.165) is 5.75 Å². The molecule has 0 atom stereocenters. The fourth-order valence-corrected chi connectivity index (χ4v) is 0.778. The van der Waals surface area contributed by atoms with E-state index >= 15 is 0 Å². The SMILES string of the molecule is BrC#CCOc1ccccc1. The van der Waals surface area contributed by atoms with Crippen molar-refractivity contribution in [3.8, 4) is 16.5 Å². The van der Waals surface area contributed by atoms with Gasteiger partial charge in [0.25, 0.3) is 0 Å². The highest BCUT2D eigenvalue weighted by molar-refractivity contribution is 9.12. The highest BCUT2D eigenvalue weighted by atomic mass is 79.9. The molecule has 0 radical (unpaired) electrons. The van der Waals surface area contributed by atoms with Crippen LogP contribution in [0.1, 0.15) is 0 Å². The molecule has 56 valence electrons. The van der Waals surface area contributed by atoms with Crippen molar-refractivity contribution in [1.29, 1.82) is 0 Å². The average molecular weight is 211 g/mol. The molecule has 0 bridgehead atoms. The van der Waals surface area contributed by atoms with E-state index in [1.54, 1.807) is 0 Å². The lowest BCUT2D eigenvalue weighted by atomic mass is 10.3. The van der Waals surface area contributed by atoms with E-state index < -0.39 is 0 Å². The molecule has 0 aliphatic heterocycles. The van der Waals surface area contributed by atoms with Crippen LogP contribution >= 0.6 is 15.9 Å². The largest absolute Gasteiger partial charge is 0.481 e. The molecule has 0 unspecified atom stereocenters. The molecule has 0 aromatic heterocycles. The van der Waals surface area contributed by atoms with E-state index in [4.69, 9.17) is 4.74 Å². The molecule has 0 amide bonds. The summed E-state index contributed by atoms with van der Waals surface area (Å²) in [6.45, 7) is 0.426. The Balaban J connectivity index is 2.43. The van der Waals surface area contributed by atoms with Crippen LogP contribution in [-0.4, -0.2) is 6.61 Å². The van der Waals surface area contributed by atoms with Crippen LogP contribution in [-0.2, 0) is 0 Å². The summed E-state index contributed by atoms with van der Waals surface area (Å²) in [6.07, 6.45) is 0. The summed E-state index contributed by atoms with van der Waals surface area (Å²) in [5, 5.41) is 0. The smallest absolute Gasteiger partial charge is 0.149 e. The second-order valence-corrected chi connectivity index (χ2v) is 2.27. The Hall–Kier alpha value is -0.940. The molecule has 1 nitrogen and oxygen atoms in total. The average Bonchev–Trinajstić information content (AvgIpc) is 2.07. The van der Waals surface area contributed by atoms with Crippen LogP contribution in [0.5, 0.6) is 5.75 Å². The Kier molecular flexibility index (Phi) is 3.57. The summed E-state index contributed by atoms with van der Waals surface area (Å²) < 4.78 is 5.24. The minimum atomic E-state index is 0.426. The molecule has 0 N–H and O–H groups in total. The van der Waals surface area contributed by atoms with Gasteiger partial charge in [0.05, 0.1) is 0 Å². The molecule has 0 aliphatic carbocycles. The third-order valence-corrected chi connectivity index (χ3v) is 1.40. The van der Waals surface area contributed by atoms with E-state index in [-0.39, 0.29) is 0 Å². The van der Waals surface area contributed by atoms with Crippen LogP contribution in [0.15, 0.2) is 30.3 Å². The minimum absolute atomic E-state index is 0.426. The van der Waals surface area contributed by atoms with Crippen molar-refractivity contribution in [2.45, 2.75) is 0 Å². The number of ether oxygens (including phenoxy) is 1. The first-order valence-electron chi connectivity index (χ1n) is 3.20. The molecule has 0 aliphatic rings. The standard InChI is InChI=1S/C9H7BrO/c10-7-4-8-11-9-5-2-1-3-6-9/h1-3,5-6H,8H2. The van der Waals surface area contributed by atoms with E-state index in [2.05, 4.69) is 26.7 Å². The molecule has 0 saturated heterocycles. The van der Waals surface area contributed by atoms with Gasteiger partial charge in [-0.3, -0.25) is 0 Å². The molecular weight excluding hydrogens is 204 g/mol. The lowest BCUT2D eigenvalue weighted by Gasteiger charge is -1.98. The summed E-state index contributed by atoms with van der Waals surface area (Å²) in [5.41, 5.74) is 0. The van der Waals surface area contributed by atoms with Gasteiger partial charge in [0.1, 0.15) is 12.4 Å². The van der Waals surface area contributed by atoms with E-state index in [1.807, 2.05) is 30.3 Å². The molecule has 0 heterocycles. The molecule has 2 heteroatoms. The number of benzene rings is 1. The monoisotopic (exact) mass is 210 g/mol. The zero-order chi connectivity index (χ0) is 7.94. The first-order chi connectivity index (χ1) is 5.43. The quantitative estimate of drug-likeness (QED) is 0.682. The third kappa shape index (κ3) is 3.10. The van der Waals surface area contributed by atoms with Crippen LogP contribution in [0.2, 0.25) is 0 Å². The third-order valence-electron chi connectivity index (χ3n) is 1.12. The minimum Gasteiger partial charge on any atom is -0.481 e. The van der Waals surface area contributed by atoms with Crippen molar-refractivity contribution in [3.05, 3.63) is 30.3 Å². The second kappa shape index (κ2) is 4.81. The zero-order valence-electron chi connectivity index (χ0n) is 5.88. The predicted octanol–water partition coefficient (Wildman–Crippen LogP) is 2.42. The Morgan fingerprint density at radius 2 is 2.00 bits per heavy atom. The second-order valence-electron chi connectivity index (χ2n) is 1.87. The summed E-state index contributed by atoms with van der Waals surface area (Å²) in [7, 11) is 0. The highest BCUT2D eigenvalue weighted by Gasteiger charge is 1.85. The predicted molar refractivity (Wildman–Crippen MR) is 48.6 cm³/mol. The summed E-state index contributed by atoms with van der Waals surface area (Å²) in [4.78, 5) is 2.58. The number of hydrogen-bond acceptors (Lipinski definition) is 1. The van der Waals surface area contributed by atoms with Crippen molar-refractivity contribution in [3.63, 3.8) is 0 Å². The van der Waals surface area contributed by atoms with Crippen molar-refractivity contribution in [2.75, 3.05) is 6.61 Å². The van der Waals surface area contributed by atoms with Gasteiger partial charge >= 0.3 is 0 Å². The highest BCUT2D eigenvalue weighted by Crippen LogP contribution is 2.07. The van der Waals surface area contributed by atoms with E-state index in [0.29, 0.717) is 6.61 Å². The fourth-order valence-electron chi connectivity index (χ4n) is 0.663. The number of halogens is 1. The summed E-state index contributed by atoms with van der Waals surface area (Å²) >= 11 is 2.98. The van der Waals surface area contributed by atoms with Crippen molar-refractivity contribution in [1.82, 2.24) is 0 Å². The molecule has 0 saturated carbocycles. The Morgan fingerprint density at radius 3 is 2.64 bits per heavy atom. The fraction of sp³-hybridized carbons (Fsp3) is 0.111. The lowest BCUT2D eigenvalue weighted by molar-refractivity contribution is 0.370. The Labute approximate surface area is 74.5 Å². The van der Waals surface area contributed by atoms with Gasteiger partial charge in [0.2, 0.25) is 0 Å². The Morgan fingerprint density at radius 1 is 1.27 bits per heavy atom. The summed E-state index contributed by atoms with van der Waals surface area (Å²) in [6, 6.07) is 9.60. The van der Waals surface area contributed by atoms with Gasteiger partial charge in [-0.25, -0.2) is 0 Å². The molecule has 1 rings (SSSR count). The Bertz CT molecular complexity index is 258. The van der Waals surface area contributed by atoms with E-state index in [9.17, 15) is 0 Å². The molecular formula is C9H7BrO. The number of rotatable bonds is 2. The maximum Gasteiger partial charge on any atom is 0.149 e. The van der Waals surface area contributed by atoms with E-state index in [1.165, 1.54) is 0 Å². The first kappa shape index (κ1) is 8.16. The molecule has 1 aromatic rings. The first-order valence-corrected chi connectivity index (χ1v) is 3.99. The number of para-hydroxylation sites is 1. The van der Waals surface area contributed by atoms with Crippen LogP contribution < -0.4 is 4.74 Å². The number of hydrogen-bond donors (Lipinski definition) is 0. The van der Waals surface area contributed by atoms with Gasteiger partial charge in [-0.15, -0.1) is 0 Å². The van der Waals surface area contributed by atoms with Gasteiger partial charge in [-0.1, -0.05) is 18.2 Å². The van der Waals surface area contributed by atoms with Crippen LogP contribution in [0, 0.1) is 10.8 Å². The van der Waals surface area contributed by atoms with Crippen LogP contribution in [0.25, 0.3) is 0 Å². The maximum absolute atomic E-state index is 5.24. The normalized spacial score (nSPS) is 8.09. The van der Waals surface area contributed by atoms with Crippen LogP contribution in [0.3, 0.4) is 0 Å². The molecule has 0 spiro atoms. The van der Waals surface area contributed by atoms with Gasteiger partial charge in [-0.2, -0.15) is 0 Å². The zero-order valence-corrected chi connectivity index (χ0v) is 7.47. The van der Waals surface area contributed by atoms with Gasteiger partial charge in [-0.05, 0) is 22.9 Å². The van der Waals surface area contributed by atoms with Gasteiger partial charge in [0.15, 0.2) is 0 Å². The molecule has 1 aromatic carbocycles. The lowest BCUT2D eigenvalue weighted by Crippen LogP contribution is -1.92. The maximum atomic E-state index is 5.24. The molecule has 11 heavy (non-hydrogen) atoms. The topological polar surface area (TPSA) is 9.23 Å². The van der Waals surface area contributed by atoms with Crippen molar-refractivity contribution in [2.24, 2.45) is 0 Å². The van der Waals surface area contributed by atoms with Gasteiger partial charge < -0.3 is 4.74 Å².